The van der Waals surface area contributed by atoms with Crippen LogP contribution in [0, 0.1) is 5.82 Å². The van der Waals surface area contributed by atoms with E-state index in [4.69, 9.17) is 0 Å². The van der Waals surface area contributed by atoms with Crippen molar-refractivity contribution in [1.82, 2.24) is 20.5 Å². The molecular weight excluding hydrogens is 458 g/mol. The summed E-state index contributed by atoms with van der Waals surface area (Å²) in [6, 6.07) is 3.34. The van der Waals surface area contributed by atoms with Gasteiger partial charge in [0.2, 0.25) is 0 Å². The van der Waals surface area contributed by atoms with Crippen molar-refractivity contribution in [2.75, 3.05) is 51.2 Å². The van der Waals surface area contributed by atoms with Gasteiger partial charge in [-0.15, -0.1) is 24.0 Å². The molecule has 0 aromatic carbocycles. The molecule has 2 aliphatic heterocycles. The van der Waals surface area contributed by atoms with Crippen molar-refractivity contribution in [3.63, 3.8) is 0 Å². The van der Waals surface area contributed by atoms with E-state index in [9.17, 15) is 4.39 Å². The molecule has 1 unspecified atom stereocenters. The third-order valence-electron chi connectivity index (χ3n) is 5.21. The fraction of sp³-hybridized carbons (Fsp3) is 0.684. The highest BCUT2D eigenvalue weighted by molar-refractivity contribution is 14.0. The topological polar surface area (TPSA) is 55.8 Å². The van der Waals surface area contributed by atoms with Gasteiger partial charge in [0.05, 0.1) is 0 Å². The Morgan fingerprint density at radius 2 is 2.04 bits per heavy atom. The highest BCUT2D eigenvalue weighted by Gasteiger charge is 2.25. The van der Waals surface area contributed by atoms with Gasteiger partial charge in [-0.2, -0.15) is 0 Å². The van der Waals surface area contributed by atoms with Crippen molar-refractivity contribution in [2.45, 2.75) is 38.1 Å². The largest absolute Gasteiger partial charge is 0.355 e. The standard InChI is InChI=1S/C19H31FN6.HI/c1-21-19(23-10-14-25-11-4-2-3-5-12-25)24-16-8-13-26(15-16)18-17(20)7-6-9-22-18;/h6-7,9,16H,2-5,8,10-15H2,1H3,(H2,21,23,24);1H. The molecule has 8 heteroatoms. The van der Waals surface area contributed by atoms with Crippen LogP contribution in [-0.2, 0) is 0 Å². The Bertz CT molecular complexity index is 591. The minimum atomic E-state index is -0.256. The molecule has 1 atom stereocenters. The third kappa shape index (κ3) is 6.74. The lowest BCUT2D eigenvalue weighted by Gasteiger charge is -2.22. The van der Waals surface area contributed by atoms with Crippen LogP contribution < -0.4 is 15.5 Å². The molecule has 0 aliphatic carbocycles. The highest BCUT2D eigenvalue weighted by Crippen LogP contribution is 2.20. The molecule has 2 saturated heterocycles. The first-order chi connectivity index (χ1) is 12.8. The summed E-state index contributed by atoms with van der Waals surface area (Å²) in [5, 5.41) is 6.88. The summed E-state index contributed by atoms with van der Waals surface area (Å²) in [5.74, 6) is 1.02. The number of aromatic nitrogens is 1. The summed E-state index contributed by atoms with van der Waals surface area (Å²) in [6.07, 6.45) is 7.94. The average molecular weight is 490 g/mol. The quantitative estimate of drug-likeness (QED) is 0.378. The maximum absolute atomic E-state index is 13.9. The van der Waals surface area contributed by atoms with Crippen LogP contribution >= 0.6 is 24.0 Å². The Morgan fingerprint density at radius 1 is 1.26 bits per heavy atom. The fourth-order valence-corrected chi connectivity index (χ4v) is 3.76. The molecule has 0 amide bonds. The van der Waals surface area contributed by atoms with Crippen molar-refractivity contribution in [3.05, 3.63) is 24.1 Å². The molecule has 27 heavy (non-hydrogen) atoms. The molecule has 0 spiro atoms. The Balaban J connectivity index is 0.00000261. The van der Waals surface area contributed by atoms with Crippen molar-refractivity contribution in [2.24, 2.45) is 4.99 Å². The van der Waals surface area contributed by atoms with Crippen LogP contribution in [0.3, 0.4) is 0 Å². The number of hydrogen-bond donors (Lipinski definition) is 2. The van der Waals surface area contributed by atoms with Gasteiger partial charge in [-0.3, -0.25) is 4.99 Å². The summed E-state index contributed by atoms with van der Waals surface area (Å²) in [6.45, 7) is 5.90. The third-order valence-corrected chi connectivity index (χ3v) is 5.21. The van der Waals surface area contributed by atoms with Crippen molar-refractivity contribution in [1.29, 1.82) is 0 Å². The van der Waals surface area contributed by atoms with Crippen LogP contribution in [-0.4, -0.2) is 68.2 Å². The van der Waals surface area contributed by atoms with Gasteiger partial charge >= 0.3 is 0 Å². The molecule has 2 fully saturated rings. The number of pyridine rings is 1. The summed E-state index contributed by atoms with van der Waals surface area (Å²) in [4.78, 5) is 13.0. The van der Waals surface area contributed by atoms with E-state index in [2.05, 4.69) is 25.5 Å². The first-order valence-electron chi connectivity index (χ1n) is 9.81. The lowest BCUT2D eigenvalue weighted by atomic mass is 10.2. The van der Waals surface area contributed by atoms with Crippen LogP contribution in [0.1, 0.15) is 32.1 Å². The minimum Gasteiger partial charge on any atom is -0.355 e. The summed E-state index contributed by atoms with van der Waals surface area (Å²) >= 11 is 0. The Morgan fingerprint density at radius 3 is 2.74 bits per heavy atom. The van der Waals surface area contributed by atoms with Crippen LogP contribution in [0.25, 0.3) is 0 Å². The van der Waals surface area contributed by atoms with E-state index in [-0.39, 0.29) is 35.8 Å². The molecule has 1 aromatic heterocycles. The zero-order valence-corrected chi connectivity index (χ0v) is 18.5. The Hall–Kier alpha value is -1.16. The normalized spacial score (nSPS) is 21.5. The molecule has 0 saturated carbocycles. The second kappa shape index (κ2) is 11.6. The van der Waals surface area contributed by atoms with Gasteiger partial charge in [0.15, 0.2) is 17.6 Å². The van der Waals surface area contributed by atoms with E-state index in [1.165, 1.54) is 44.8 Å². The van der Waals surface area contributed by atoms with Gasteiger partial charge in [-0.25, -0.2) is 9.37 Å². The number of hydrogen-bond acceptors (Lipinski definition) is 4. The van der Waals surface area contributed by atoms with E-state index in [1.54, 1.807) is 19.3 Å². The molecule has 2 N–H and O–H groups in total. The predicted octanol–water partition coefficient (Wildman–Crippen LogP) is 2.46. The number of aliphatic imine (C=N–C) groups is 1. The molecule has 3 rings (SSSR count). The van der Waals surface area contributed by atoms with Crippen molar-refractivity contribution < 1.29 is 4.39 Å². The molecular formula is C19H32FIN6. The Labute approximate surface area is 179 Å². The summed E-state index contributed by atoms with van der Waals surface area (Å²) in [7, 11) is 1.80. The number of likely N-dealkylation sites (tertiary alicyclic amines) is 1. The zero-order chi connectivity index (χ0) is 18.2. The molecule has 0 bridgehead atoms. The molecule has 2 aliphatic rings. The number of guanidine groups is 1. The first kappa shape index (κ1) is 22.1. The second-order valence-corrected chi connectivity index (χ2v) is 7.14. The maximum atomic E-state index is 13.9. The highest BCUT2D eigenvalue weighted by atomic mass is 127. The molecule has 0 radical (unpaired) electrons. The number of nitrogens with one attached hydrogen (secondary N) is 2. The van der Waals surface area contributed by atoms with Crippen molar-refractivity contribution in [3.8, 4) is 0 Å². The lowest BCUT2D eigenvalue weighted by Crippen LogP contribution is -2.46. The van der Waals surface area contributed by atoms with Gasteiger partial charge in [-0.1, -0.05) is 12.8 Å². The van der Waals surface area contributed by atoms with Crippen LogP contribution in [0.15, 0.2) is 23.3 Å². The van der Waals surface area contributed by atoms with Crippen LogP contribution in [0.2, 0.25) is 0 Å². The van der Waals surface area contributed by atoms with Gasteiger partial charge in [0.25, 0.3) is 0 Å². The number of nitrogens with zero attached hydrogens (tertiary/aromatic N) is 4. The van der Waals surface area contributed by atoms with Gasteiger partial charge in [0.1, 0.15) is 0 Å². The van der Waals surface area contributed by atoms with E-state index in [0.717, 1.165) is 38.6 Å². The monoisotopic (exact) mass is 490 g/mol. The summed E-state index contributed by atoms with van der Waals surface area (Å²) < 4.78 is 13.9. The lowest BCUT2D eigenvalue weighted by molar-refractivity contribution is 0.289. The van der Waals surface area contributed by atoms with Gasteiger partial charge < -0.3 is 20.4 Å². The molecule has 3 heterocycles. The van der Waals surface area contributed by atoms with E-state index < -0.39 is 0 Å². The molecule has 6 nitrogen and oxygen atoms in total. The fourth-order valence-electron chi connectivity index (χ4n) is 3.76. The maximum Gasteiger partial charge on any atom is 0.191 e. The van der Waals surface area contributed by atoms with Crippen molar-refractivity contribution >= 4 is 35.8 Å². The SMILES string of the molecule is CN=C(NCCN1CCCCCC1)NC1CCN(c2ncccc2F)C1.I. The molecule has 152 valence electrons. The number of rotatable bonds is 5. The van der Waals surface area contributed by atoms with Gasteiger partial charge in [-0.05, 0) is 44.5 Å². The first-order valence-corrected chi connectivity index (χ1v) is 9.81. The number of halogens is 2. The van der Waals surface area contributed by atoms with E-state index >= 15 is 0 Å². The summed E-state index contributed by atoms with van der Waals surface area (Å²) in [5.41, 5.74) is 0. The predicted molar refractivity (Wildman–Crippen MR) is 120 cm³/mol. The zero-order valence-electron chi connectivity index (χ0n) is 16.2. The smallest absolute Gasteiger partial charge is 0.191 e. The molecule has 1 aromatic rings. The van der Waals surface area contributed by atoms with Crippen LogP contribution in [0.4, 0.5) is 10.2 Å². The van der Waals surface area contributed by atoms with E-state index in [0.29, 0.717) is 5.82 Å². The average Bonchev–Trinajstić information content (AvgIpc) is 2.95. The van der Waals surface area contributed by atoms with Gasteiger partial charge in [0, 0.05) is 45.5 Å². The second-order valence-electron chi connectivity index (χ2n) is 7.14. The number of anilines is 1. The van der Waals surface area contributed by atoms with E-state index in [1.807, 2.05) is 4.90 Å². The Kier molecular flexibility index (Phi) is 9.53. The minimum absolute atomic E-state index is 0. The van der Waals surface area contributed by atoms with Crippen LogP contribution in [0.5, 0.6) is 0 Å².